The lowest BCUT2D eigenvalue weighted by Gasteiger charge is -2.18. The Hall–Kier alpha value is -0.640. The van der Waals surface area contributed by atoms with Crippen LogP contribution in [0.2, 0.25) is 0 Å². The topological polar surface area (TPSA) is 40.5 Å². The van der Waals surface area contributed by atoms with Crippen LogP contribution in [-0.4, -0.2) is 41.3 Å². The summed E-state index contributed by atoms with van der Waals surface area (Å²) in [4.78, 5) is 12.3. The molecule has 0 unspecified atom stereocenters. The quantitative estimate of drug-likeness (QED) is 0.692. The molecule has 0 saturated carbocycles. The summed E-state index contributed by atoms with van der Waals surface area (Å²) in [6.45, 7) is 2.92. The van der Waals surface area contributed by atoms with Gasteiger partial charge in [0.1, 0.15) is 12.2 Å². The summed E-state index contributed by atoms with van der Waals surface area (Å²) in [5, 5.41) is 8.72. The first-order valence-corrected chi connectivity index (χ1v) is 4.26. The molecule has 12 heavy (non-hydrogen) atoms. The SMILES string of the molecule is CCCN1C[C@@H](F)C[C@H]1C(=O)O. The van der Waals surface area contributed by atoms with E-state index in [2.05, 4.69) is 0 Å². The molecule has 1 heterocycles. The number of halogens is 1. The second-order valence-corrected chi connectivity index (χ2v) is 3.18. The minimum atomic E-state index is -0.961. The molecule has 0 amide bonds. The number of carboxylic acid groups (broad SMARTS) is 1. The van der Waals surface area contributed by atoms with Crippen molar-refractivity contribution in [2.75, 3.05) is 13.1 Å². The molecule has 0 spiro atoms. The zero-order valence-corrected chi connectivity index (χ0v) is 7.16. The maximum absolute atomic E-state index is 12.8. The highest BCUT2D eigenvalue weighted by molar-refractivity contribution is 5.74. The summed E-state index contributed by atoms with van der Waals surface area (Å²) in [5.74, 6) is -0.899. The Balaban J connectivity index is 2.53. The average Bonchev–Trinajstić information content (AvgIpc) is 2.32. The van der Waals surface area contributed by atoms with Gasteiger partial charge in [0.2, 0.25) is 0 Å². The highest BCUT2D eigenvalue weighted by Gasteiger charge is 2.35. The predicted octanol–water partition coefficient (Wildman–Crippen LogP) is 0.893. The van der Waals surface area contributed by atoms with Crippen molar-refractivity contribution in [3.8, 4) is 0 Å². The van der Waals surface area contributed by atoms with E-state index in [1.54, 1.807) is 4.90 Å². The molecule has 2 atom stereocenters. The largest absolute Gasteiger partial charge is 0.480 e. The maximum Gasteiger partial charge on any atom is 0.321 e. The summed E-state index contributed by atoms with van der Waals surface area (Å²) in [6, 6.07) is -0.597. The van der Waals surface area contributed by atoms with Crippen LogP contribution in [0.4, 0.5) is 4.39 Å². The Bertz CT molecular complexity index is 174. The van der Waals surface area contributed by atoms with Gasteiger partial charge in [-0.3, -0.25) is 9.69 Å². The Morgan fingerprint density at radius 2 is 2.42 bits per heavy atom. The molecule has 1 aliphatic heterocycles. The predicted molar refractivity (Wildman–Crippen MR) is 42.8 cm³/mol. The molecular formula is C8H14FNO2. The molecule has 0 bridgehead atoms. The van der Waals surface area contributed by atoms with Crippen molar-refractivity contribution in [3.05, 3.63) is 0 Å². The molecule has 70 valence electrons. The average molecular weight is 175 g/mol. The van der Waals surface area contributed by atoms with Crippen LogP contribution in [0.5, 0.6) is 0 Å². The fourth-order valence-electron chi connectivity index (χ4n) is 1.64. The van der Waals surface area contributed by atoms with E-state index >= 15 is 0 Å². The van der Waals surface area contributed by atoms with Crippen molar-refractivity contribution >= 4 is 5.97 Å². The van der Waals surface area contributed by atoms with Crippen LogP contribution in [0.15, 0.2) is 0 Å². The minimum absolute atomic E-state index is 0.148. The molecule has 0 aromatic rings. The lowest BCUT2D eigenvalue weighted by molar-refractivity contribution is -0.142. The summed E-state index contributed by atoms with van der Waals surface area (Å²) < 4.78 is 12.8. The number of hydrogen-bond donors (Lipinski definition) is 1. The van der Waals surface area contributed by atoms with Gasteiger partial charge in [-0.25, -0.2) is 4.39 Å². The van der Waals surface area contributed by atoms with E-state index in [4.69, 9.17) is 5.11 Å². The van der Waals surface area contributed by atoms with Crippen LogP contribution in [0.3, 0.4) is 0 Å². The van der Waals surface area contributed by atoms with Crippen molar-refractivity contribution in [1.29, 1.82) is 0 Å². The standard InChI is InChI=1S/C8H14FNO2/c1-2-3-10-5-6(9)4-7(10)8(11)12/h6-7H,2-5H2,1H3,(H,11,12)/t6-,7-/m0/s1. The molecule has 0 aromatic heterocycles. The molecule has 1 aliphatic rings. The van der Waals surface area contributed by atoms with Gasteiger partial charge >= 0.3 is 5.97 Å². The van der Waals surface area contributed by atoms with Crippen LogP contribution in [0.25, 0.3) is 0 Å². The van der Waals surface area contributed by atoms with Gasteiger partial charge in [-0.2, -0.15) is 0 Å². The van der Waals surface area contributed by atoms with E-state index < -0.39 is 18.2 Å². The van der Waals surface area contributed by atoms with Crippen molar-refractivity contribution in [1.82, 2.24) is 4.90 Å². The number of hydrogen-bond acceptors (Lipinski definition) is 2. The summed E-state index contributed by atoms with van der Waals surface area (Å²) in [5.41, 5.74) is 0. The Morgan fingerprint density at radius 3 is 2.92 bits per heavy atom. The zero-order chi connectivity index (χ0) is 9.14. The molecule has 0 radical (unpaired) electrons. The van der Waals surface area contributed by atoms with Crippen LogP contribution < -0.4 is 0 Å². The number of carbonyl (C=O) groups is 1. The van der Waals surface area contributed by atoms with Gasteiger partial charge in [-0.15, -0.1) is 0 Å². The Kier molecular flexibility index (Phi) is 3.03. The van der Waals surface area contributed by atoms with Gasteiger partial charge in [0.15, 0.2) is 0 Å². The highest BCUT2D eigenvalue weighted by atomic mass is 19.1. The van der Waals surface area contributed by atoms with Crippen LogP contribution in [0, 0.1) is 0 Å². The number of alkyl halides is 1. The monoisotopic (exact) mass is 175 g/mol. The molecular weight excluding hydrogens is 161 g/mol. The number of rotatable bonds is 3. The molecule has 1 fully saturated rings. The molecule has 0 aromatic carbocycles. The molecule has 1 N–H and O–H groups in total. The van der Waals surface area contributed by atoms with E-state index in [1.807, 2.05) is 6.92 Å². The first-order valence-electron chi connectivity index (χ1n) is 4.26. The van der Waals surface area contributed by atoms with E-state index in [0.717, 1.165) is 6.42 Å². The molecule has 0 aliphatic carbocycles. The van der Waals surface area contributed by atoms with E-state index in [-0.39, 0.29) is 13.0 Å². The number of carboxylic acids is 1. The number of aliphatic carboxylic acids is 1. The van der Waals surface area contributed by atoms with Crippen molar-refractivity contribution < 1.29 is 14.3 Å². The lowest BCUT2D eigenvalue weighted by atomic mass is 10.2. The lowest BCUT2D eigenvalue weighted by Crippen LogP contribution is -2.36. The summed E-state index contributed by atoms with van der Waals surface area (Å²) >= 11 is 0. The number of likely N-dealkylation sites (tertiary alicyclic amines) is 1. The van der Waals surface area contributed by atoms with Crippen molar-refractivity contribution in [3.63, 3.8) is 0 Å². The Labute approximate surface area is 71.2 Å². The van der Waals surface area contributed by atoms with Gasteiger partial charge in [0.25, 0.3) is 0 Å². The first-order chi connectivity index (χ1) is 5.65. The second-order valence-electron chi connectivity index (χ2n) is 3.18. The van der Waals surface area contributed by atoms with Gasteiger partial charge in [0.05, 0.1) is 0 Å². The van der Waals surface area contributed by atoms with Crippen molar-refractivity contribution in [2.45, 2.75) is 32.0 Å². The fraction of sp³-hybridized carbons (Fsp3) is 0.875. The van der Waals surface area contributed by atoms with Gasteiger partial charge in [0, 0.05) is 13.0 Å². The van der Waals surface area contributed by atoms with Gasteiger partial charge < -0.3 is 5.11 Å². The van der Waals surface area contributed by atoms with Crippen LogP contribution in [-0.2, 0) is 4.79 Å². The van der Waals surface area contributed by atoms with Crippen LogP contribution in [0.1, 0.15) is 19.8 Å². The van der Waals surface area contributed by atoms with E-state index in [1.165, 1.54) is 0 Å². The molecule has 1 saturated heterocycles. The third-order valence-corrected chi connectivity index (χ3v) is 2.15. The third kappa shape index (κ3) is 1.94. The van der Waals surface area contributed by atoms with Gasteiger partial charge in [-0.1, -0.05) is 6.92 Å². The van der Waals surface area contributed by atoms with E-state index in [0.29, 0.717) is 6.54 Å². The molecule has 1 rings (SSSR count). The van der Waals surface area contributed by atoms with Crippen molar-refractivity contribution in [2.24, 2.45) is 0 Å². The Morgan fingerprint density at radius 1 is 1.75 bits per heavy atom. The highest BCUT2D eigenvalue weighted by Crippen LogP contribution is 2.20. The normalized spacial score (nSPS) is 30.8. The third-order valence-electron chi connectivity index (χ3n) is 2.15. The zero-order valence-electron chi connectivity index (χ0n) is 7.16. The smallest absolute Gasteiger partial charge is 0.321 e. The summed E-state index contributed by atoms with van der Waals surface area (Å²) in [7, 11) is 0. The first kappa shape index (κ1) is 9.45. The van der Waals surface area contributed by atoms with Crippen LogP contribution >= 0.6 is 0 Å². The minimum Gasteiger partial charge on any atom is -0.480 e. The second kappa shape index (κ2) is 3.85. The fourth-order valence-corrected chi connectivity index (χ4v) is 1.64. The molecule has 3 nitrogen and oxygen atoms in total. The summed E-state index contributed by atoms with van der Waals surface area (Å²) in [6.07, 6.45) is 0.0592. The van der Waals surface area contributed by atoms with E-state index in [9.17, 15) is 9.18 Å². The van der Waals surface area contributed by atoms with Gasteiger partial charge in [-0.05, 0) is 13.0 Å². The maximum atomic E-state index is 12.8. The number of nitrogens with zero attached hydrogens (tertiary/aromatic N) is 1. The molecule has 4 heteroatoms.